The highest BCUT2D eigenvalue weighted by molar-refractivity contribution is 5.88. The van der Waals surface area contributed by atoms with Crippen molar-refractivity contribution in [1.29, 1.82) is 0 Å². The summed E-state index contributed by atoms with van der Waals surface area (Å²) in [7, 11) is 0. The molecule has 0 bridgehead atoms. The van der Waals surface area contributed by atoms with Crippen LogP contribution in [0.2, 0.25) is 0 Å². The van der Waals surface area contributed by atoms with E-state index in [-0.39, 0.29) is 12.4 Å². The van der Waals surface area contributed by atoms with Gasteiger partial charge in [-0.3, -0.25) is 4.79 Å². The standard InChI is InChI=1S/C27H23NO3.ClH/c28-27(26(29)30)14-13-19-11-12-23(16-22(19)17-27)31-25-8-4-3-7-24(25)21-10-9-18-5-1-2-6-20(18)15-21;/h1-12,15-16H,13-14,17,28H2,(H,29,30);1H. The summed E-state index contributed by atoms with van der Waals surface area (Å²) in [5, 5.41) is 11.9. The van der Waals surface area contributed by atoms with E-state index in [1.165, 1.54) is 10.8 Å². The number of halogens is 1. The number of carboxylic acids is 1. The first-order valence-electron chi connectivity index (χ1n) is 10.4. The fourth-order valence-corrected chi connectivity index (χ4v) is 4.32. The van der Waals surface area contributed by atoms with E-state index in [0.717, 1.165) is 28.0 Å². The summed E-state index contributed by atoms with van der Waals surface area (Å²) < 4.78 is 6.28. The SMILES string of the molecule is Cl.NC1(C(=O)O)CCc2ccc(Oc3ccccc3-c3ccc4ccccc4c3)cc2C1. The summed E-state index contributed by atoms with van der Waals surface area (Å²) in [5.74, 6) is 0.485. The summed E-state index contributed by atoms with van der Waals surface area (Å²) in [4.78, 5) is 11.6. The summed E-state index contributed by atoms with van der Waals surface area (Å²) in [6.07, 6.45) is 1.41. The molecule has 1 aliphatic carbocycles. The molecular weight excluding hydrogens is 422 g/mol. The van der Waals surface area contributed by atoms with Crippen molar-refractivity contribution >= 4 is 29.1 Å². The third kappa shape index (κ3) is 4.07. The lowest BCUT2D eigenvalue weighted by atomic mass is 9.78. The van der Waals surface area contributed by atoms with Crippen LogP contribution in [0.5, 0.6) is 11.5 Å². The first-order chi connectivity index (χ1) is 15.0. The van der Waals surface area contributed by atoms with Crippen molar-refractivity contribution in [1.82, 2.24) is 0 Å². The fourth-order valence-electron chi connectivity index (χ4n) is 4.32. The molecule has 5 rings (SSSR count). The number of hydrogen-bond acceptors (Lipinski definition) is 3. The number of para-hydroxylation sites is 1. The quantitative estimate of drug-likeness (QED) is 0.404. The smallest absolute Gasteiger partial charge is 0.324 e. The van der Waals surface area contributed by atoms with Crippen LogP contribution in [0, 0.1) is 0 Å². The Hall–Kier alpha value is -3.34. The Labute approximate surface area is 193 Å². The Bertz CT molecular complexity index is 1300. The van der Waals surface area contributed by atoms with Crippen LogP contribution in [0.3, 0.4) is 0 Å². The summed E-state index contributed by atoms with van der Waals surface area (Å²) in [5.41, 5.74) is 9.08. The zero-order chi connectivity index (χ0) is 21.4. The summed E-state index contributed by atoms with van der Waals surface area (Å²) in [6.45, 7) is 0. The molecule has 0 fully saturated rings. The van der Waals surface area contributed by atoms with Crippen molar-refractivity contribution in [3.8, 4) is 22.6 Å². The van der Waals surface area contributed by atoms with Crippen molar-refractivity contribution in [2.24, 2.45) is 5.73 Å². The zero-order valence-electron chi connectivity index (χ0n) is 17.5. The van der Waals surface area contributed by atoms with Gasteiger partial charge in [-0.15, -0.1) is 12.4 Å². The average Bonchev–Trinajstić information content (AvgIpc) is 2.79. The molecule has 5 heteroatoms. The minimum atomic E-state index is -1.21. The highest BCUT2D eigenvalue weighted by atomic mass is 35.5. The van der Waals surface area contributed by atoms with Crippen LogP contribution in [0.25, 0.3) is 21.9 Å². The predicted molar refractivity (Wildman–Crippen MR) is 130 cm³/mol. The molecule has 32 heavy (non-hydrogen) atoms. The Kier molecular flexibility index (Phi) is 5.92. The first kappa shape index (κ1) is 21.9. The van der Waals surface area contributed by atoms with Gasteiger partial charge in [0, 0.05) is 12.0 Å². The number of hydrogen-bond donors (Lipinski definition) is 2. The van der Waals surface area contributed by atoms with E-state index < -0.39 is 11.5 Å². The van der Waals surface area contributed by atoms with Gasteiger partial charge in [0.15, 0.2) is 0 Å². The van der Waals surface area contributed by atoms with Crippen molar-refractivity contribution in [2.75, 3.05) is 0 Å². The van der Waals surface area contributed by atoms with Crippen molar-refractivity contribution in [2.45, 2.75) is 24.8 Å². The molecule has 1 atom stereocenters. The number of benzene rings is 4. The van der Waals surface area contributed by atoms with Crippen molar-refractivity contribution < 1.29 is 14.6 Å². The average molecular weight is 446 g/mol. The van der Waals surface area contributed by atoms with Gasteiger partial charge in [0.2, 0.25) is 0 Å². The minimum absolute atomic E-state index is 0. The molecule has 162 valence electrons. The number of carboxylic acid groups (broad SMARTS) is 1. The molecule has 0 spiro atoms. The zero-order valence-corrected chi connectivity index (χ0v) is 18.3. The lowest BCUT2D eigenvalue weighted by Gasteiger charge is -2.31. The fraction of sp³-hybridized carbons (Fsp3) is 0.148. The monoisotopic (exact) mass is 445 g/mol. The molecular formula is C27H24ClNO3. The van der Waals surface area contributed by atoms with E-state index in [9.17, 15) is 9.90 Å². The van der Waals surface area contributed by atoms with E-state index in [1.807, 2.05) is 54.6 Å². The Morgan fingerprint density at radius 2 is 1.62 bits per heavy atom. The molecule has 4 aromatic carbocycles. The second-order valence-electron chi connectivity index (χ2n) is 8.23. The molecule has 1 aliphatic rings. The molecule has 4 aromatic rings. The molecule has 0 heterocycles. The number of nitrogens with two attached hydrogens (primary N) is 1. The molecule has 3 N–H and O–H groups in total. The Morgan fingerprint density at radius 1 is 0.875 bits per heavy atom. The number of fused-ring (bicyclic) bond motifs is 2. The van der Waals surface area contributed by atoms with Crippen LogP contribution >= 0.6 is 12.4 Å². The third-order valence-corrected chi connectivity index (χ3v) is 6.13. The highest BCUT2D eigenvalue weighted by Gasteiger charge is 2.37. The van der Waals surface area contributed by atoms with E-state index in [1.54, 1.807) is 0 Å². The van der Waals surface area contributed by atoms with E-state index in [4.69, 9.17) is 10.5 Å². The van der Waals surface area contributed by atoms with Crippen molar-refractivity contribution in [3.63, 3.8) is 0 Å². The third-order valence-electron chi connectivity index (χ3n) is 6.13. The van der Waals surface area contributed by atoms with E-state index >= 15 is 0 Å². The molecule has 4 nitrogen and oxygen atoms in total. The molecule has 0 saturated carbocycles. The number of ether oxygens (including phenoxy) is 1. The lowest BCUT2D eigenvalue weighted by Crippen LogP contribution is -2.52. The number of carbonyl (C=O) groups is 1. The predicted octanol–water partition coefficient (Wildman–Crippen LogP) is 5.99. The van der Waals surface area contributed by atoms with Gasteiger partial charge in [0.05, 0.1) is 0 Å². The van der Waals surface area contributed by atoms with E-state index in [0.29, 0.717) is 25.0 Å². The minimum Gasteiger partial charge on any atom is -0.480 e. The second kappa shape index (κ2) is 8.65. The van der Waals surface area contributed by atoms with Gasteiger partial charge in [-0.1, -0.05) is 60.7 Å². The van der Waals surface area contributed by atoms with Crippen LogP contribution in [-0.2, 0) is 17.6 Å². The van der Waals surface area contributed by atoms with Crippen LogP contribution in [-0.4, -0.2) is 16.6 Å². The topological polar surface area (TPSA) is 72.6 Å². The molecule has 0 saturated heterocycles. The van der Waals surface area contributed by atoms with Gasteiger partial charge in [-0.2, -0.15) is 0 Å². The van der Waals surface area contributed by atoms with Crippen molar-refractivity contribution in [3.05, 3.63) is 96.1 Å². The maximum atomic E-state index is 11.6. The maximum absolute atomic E-state index is 11.6. The van der Waals surface area contributed by atoms with Crippen LogP contribution in [0.4, 0.5) is 0 Å². The highest BCUT2D eigenvalue weighted by Crippen LogP contribution is 2.36. The van der Waals surface area contributed by atoms with Gasteiger partial charge < -0.3 is 15.6 Å². The van der Waals surface area contributed by atoms with Crippen LogP contribution < -0.4 is 10.5 Å². The maximum Gasteiger partial charge on any atom is 0.324 e. The Morgan fingerprint density at radius 3 is 2.44 bits per heavy atom. The largest absolute Gasteiger partial charge is 0.480 e. The second-order valence-corrected chi connectivity index (χ2v) is 8.23. The normalized spacial score (nSPS) is 17.3. The Balaban J connectivity index is 0.00000245. The van der Waals surface area contributed by atoms with Gasteiger partial charge in [-0.25, -0.2) is 0 Å². The molecule has 0 aromatic heterocycles. The molecule has 0 aliphatic heterocycles. The number of aryl methyl sites for hydroxylation is 1. The van der Waals surface area contributed by atoms with Gasteiger partial charge in [0.25, 0.3) is 0 Å². The van der Waals surface area contributed by atoms with Crippen LogP contribution in [0.15, 0.2) is 84.9 Å². The van der Waals surface area contributed by atoms with E-state index in [2.05, 4.69) is 30.3 Å². The van der Waals surface area contributed by atoms with Gasteiger partial charge >= 0.3 is 5.97 Å². The summed E-state index contributed by atoms with van der Waals surface area (Å²) in [6, 6.07) is 28.5. The molecule has 0 radical (unpaired) electrons. The first-order valence-corrected chi connectivity index (χ1v) is 10.4. The van der Waals surface area contributed by atoms with Crippen LogP contribution in [0.1, 0.15) is 17.5 Å². The molecule has 1 unspecified atom stereocenters. The lowest BCUT2D eigenvalue weighted by molar-refractivity contribution is -0.143. The van der Waals surface area contributed by atoms with Gasteiger partial charge in [0.1, 0.15) is 17.0 Å². The molecule has 0 amide bonds. The van der Waals surface area contributed by atoms with Gasteiger partial charge in [-0.05, 0) is 64.6 Å². The summed E-state index contributed by atoms with van der Waals surface area (Å²) >= 11 is 0. The number of aliphatic carboxylic acids is 1. The number of rotatable bonds is 4.